The Morgan fingerprint density at radius 2 is 1.75 bits per heavy atom. The molecule has 1 aliphatic rings. The highest BCUT2D eigenvalue weighted by Crippen LogP contribution is 2.19. The summed E-state index contributed by atoms with van der Waals surface area (Å²) in [6, 6.07) is 20.4. The van der Waals surface area contributed by atoms with Gasteiger partial charge in [0.05, 0.1) is 11.4 Å². The zero-order valence-corrected chi connectivity index (χ0v) is 19.1. The highest BCUT2D eigenvalue weighted by atomic mass is 16.5. The van der Waals surface area contributed by atoms with Crippen molar-refractivity contribution in [1.29, 1.82) is 0 Å². The van der Waals surface area contributed by atoms with Crippen molar-refractivity contribution in [3.05, 3.63) is 78.1 Å². The van der Waals surface area contributed by atoms with Crippen LogP contribution in [0.3, 0.4) is 0 Å². The van der Waals surface area contributed by atoms with Crippen LogP contribution in [-0.2, 0) is 6.42 Å². The molecule has 0 amide bonds. The third-order valence-corrected chi connectivity index (χ3v) is 5.93. The molecule has 0 saturated carbocycles. The van der Waals surface area contributed by atoms with Gasteiger partial charge >= 0.3 is 0 Å². The maximum Gasteiger partial charge on any atom is 0.193 e. The van der Waals surface area contributed by atoms with Crippen LogP contribution >= 0.6 is 0 Å². The van der Waals surface area contributed by atoms with Gasteiger partial charge in [0.15, 0.2) is 5.96 Å². The smallest absolute Gasteiger partial charge is 0.193 e. The van der Waals surface area contributed by atoms with E-state index in [1.165, 1.54) is 5.56 Å². The van der Waals surface area contributed by atoms with E-state index < -0.39 is 0 Å². The van der Waals surface area contributed by atoms with Gasteiger partial charge in [-0.15, -0.1) is 0 Å². The van der Waals surface area contributed by atoms with Gasteiger partial charge in [-0.2, -0.15) is 5.10 Å². The first-order chi connectivity index (χ1) is 15.7. The summed E-state index contributed by atoms with van der Waals surface area (Å²) in [7, 11) is 1.86. The number of para-hydroxylation sites is 2. The highest BCUT2D eigenvalue weighted by Gasteiger charge is 2.22. The molecule has 0 aliphatic carbocycles. The molecule has 1 saturated heterocycles. The van der Waals surface area contributed by atoms with Crippen LogP contribution in [0.4, 0.5) is 0 Å². The minimum atomic E-state index is 0.274. The van der Waals surface area contributed by atoms with Crippen molar-refractivity contribution in [2.75, 3.05) is 26.7 Å². The molecule has 1 N–H and O–H groups in total. The Balaban J connectivity index is 1.21. The molecule has 1 aromatic heterocycles. The summed E-state index contributed by atoms with van der Waals surface area (Å²) < 4.78 is 8.09. The summed E-state index contributed by atoms with van der Waals surface area (Å²) in [5, 5.41) is 8.21. The first-order valence-corrected chi connectivity index (χ1v) is 11.5. The van der Waals surface area contributed by atoms with Gasteiger partial charge in [-0.05, 0) is 49.6 Å². The monoisotopic (exact) mass is 431 g/mol. The number of aryl methyl sites for hydroxylation is 2. The first kappa shape index (κ1) is 21.9. The average Bonchev–Trinajstić information content (AvgIpc) is 3.21. The maximum atomic E-state index is 6.11. The number of nitrogens with zero attached hydrogens (tertiary/aromatic N) is 4. The summed E-state index contributed by atoms with van der Waals surface area (Å²) in [6.07, 6.45) is 6.47. The van der Waals surface area contributed by atoms with E-state index in [1.807, 2.05) is 60.3 Å². The lowest BCUT2D eigenvalue weighted by molar-refractivity contribution is 0.129. The van der Waals surface area contributed by atoms with Crippen LogP contribution in [0, 0.1) is 6.92 Å². The molecule has 1 fully saturated rings. The number of rotatable bonds is 7. The number of nitrogens with one attached hydrogen (secondary N) is 1. The van der Waals surface area contributed by atoms with Crippen molar-refractivity contribution in [2.24, 2.45) is 4.99 Å². The maximum absolute atomic E-state index is 6.11. The standard InChI is InChI=1S/C26H33N5O/c1-21-22(20-31(29-21)23-11-5-3-6-12-23)10-9-17-28-26(27-2)30-18-15-25(16-19-30)32-24-13-7-4-8-14-24/h3-8,11-14,20,25H,9-10,15-19H2,1-2H3,(H,27,28). The molecule has 3 aromatic rings. The fourth-order valence-corrected chi connectivity index (χ4v) is 4.14. The quantitative estimate of drug-likeness (QED) is 0.346. The van der Waals surface area contributed by atoms with E-state index in [9.17, 15) is 0 Å². The molecule has 6 nitrogen and oxygen atoms in total. The van der Waals surface area contributed by atoms with Crippen molar-refractivity contribution >= 4 is 5.96 Å². The van der Waals surface area contributed by atoms with Gasteiger partial charge in [-0.25, -0.2) is 4.68 Å². The summed E-state index contributed by atoms with van der Waals surface area (Å²) in [5.41, 5.74) is 3.49. The summed E-state index contributed by atoms with van der Waals surface area (Å²) in [4.78, 5) is 6.84. The number of likely N-dealkylation sites (tertiary alicyclic amines) is 1. The Morgan fingerprint density at radius 1 is 1.06 bits per heavy atom. The van der Waals surface area contributed by atoms with E-state index in [4.69, 9.17) is 4.74 Å². The van der Waals surface area contributed by atoms with E-state index in [2.05, 4.69) is 45.6 Å². The molecule has 4 rings (SSSR count). The minimum Gasteiger partial charge on any atom is -0.490 e. The lowest BCUT2D eigenvalue weighted by Gasteiger charge is -2.34. The van der Waals surface area contributed by atoms with E-state index in [1.54, 1.807) is 0 Å². The lowest BCUT2D eigenvalue weighted by Crippen LogP contribution is -2.47. The molecule has 0 radical (unpaired) electrons. The third kappa shape index (κ3) is 5.69. The van der Waals surface area contributed by atoms with Crippen molar-refractivity contribution in [1.82, 2.24) is 20.0 Å². The molecule has 1 aliphatic heterocycles. The first-order valence-electron chi connectivity index (χ1n) is 11.5. The average molecular weight is 432 g/mol. The fraction of sp³-hybridized carbons (Fsp3) is 0.385. The number of hydrogen-bond donors (Lipinski definition) is 1. The van der Waals surface area contributed by atoms with E-state index in [-0.39, 0.29) is 6.10 Å². The number of benzene rings is 2. The Kier molecular flexibility index (Phi) is 7.43. The zero-order valence-electron chi connectivity index (χ0n) is 19.1. The number of aliphatic imine (C=N–C) groups is 1. The summed E-state index contributed by atoms with van der Waals surface area (Å²) >= 11 is 0. The molecule has 32 heavy (non-hydrogen) atoms. The van der Waals surface area contributed by atoms with Crippen molar-refractivity contribution in [3.63, 3.8) is 0 Å². The van der Waals surface area contributed by atoms with Crippen LogP contribution in [0.2, 0.25) is 0 Å². The Bertz CT molecular complexity index is 992. The van der Waals surface area contributed by atoms with Gasteiger partial charge in [0.25, 0.3) is 0 Å². The Morgan fingerprint density at radius 3 is 2.44 bits per heavy atom. The SMILES string of the molecule is CN=C(NCCCc1cn(-c2ccccc2)nc1C)N1CCC(Oc2ccccc2)CC1. The van der Waals surface area contributed by atoms with Crippen molar-refractivity contribution in [2.45, 2.75) is 38.7 Å². The lowest BCUT2D eigenvalue weighted by atomic mass is 10.1. The van der Waals surface area contributed by atoms with E-state index >= 15 is 0 Å². The van der Waals surface area contributed by atoms with Crippen molar-refractivity contribution < 1.29 is 4.74 Å². The number of hydrogen-bond acceptors (Lipinski definition) is 3. The Hall–Kier alpha value is -3.28. The second-order valence-corrected chi connectivity index (χ2v) is 8.21. The largest absolute Gasteiger partial charge is 0.490 e. The van der Waals surface area contributed by atoms with E-state index in [0.717, 1.165) is 68.4 Å². The van der Waals surface area contributed by atoms with Crippen LogP contribution in [0.25, 0.3) is 5.69 Å². The Labute approximate surface area is 190 Å². The number of guanidine groups is 1. The minimum absolute atomic E-state index is 0.274. The molecule has 0 atom stereocenters. The molecule has 0 bridgehead atoms. The van der Waals surface area contributed by atoms with Gasteiger partial charge in [0, 0.05) is 45.7 Å². The molecular weight excluding hydrogens is 398 g/mol. The molecule has 6 heteroatoms. The van der Waals surface area contributed by atoms with Crippen molar-refractivity contribution in [3.8, 4) is 11.4 Å². The van der Waals surface area contributed by atoms with E-state index in [0.29, 0.717) is 0 Å². The van der Waals surface area contributed by atoms with Crippen LogP contribution in [0.5, 0.6) is 5.75 Å². The van der Waals surface area contributed by atoms with Gasteiger partial charge in [0.2, 0.25) is 0 Å². The summed E-state index contributed by atoms with van der Waals surface area (Å²) in [6.45, 7) is 4.89. The second kappa shape index (κ2) is 10.8. The highest BCUT2D eigenvalue weighted by molar-refractivity contribution is 5.79. The molecular formula is C26H33N5O. The predicted molar refractivity (Wildman–Crippen MR) is 130 cm³/mol. The van der Waals surface area contributed by atoms with Gasteiger partial charge in [-0.3, -0.25) is 4.99 Å². The second-order valence-electron chi connectivity index (χ2n) is 8.21. The normalized spacial score (nSPS) is 15.1. The fourth-order valence-electron chi connectivity index (χ4n) is 4.14. The molecule has 0 spiro atoms. The molecule has 0 unspecified atom stereocenters. The van der Waals surface area contributed by atoms with Gasteiger partial charge in [0.1, 0.15) is 11.9 Å². The molecule has 2 aromatic carbocycles. The zero-order chi connectivity index (χ0) is 22.2. The number of piperidine rings is 1. The summed E-state index contributed by atoms with van der Waals surface area (Å²) in [5.74, 6) is 1.94. The van der Waals surface area contributed by atoms with Gasteiger partial charge < -0.3 is 15.0 Å². The topological polar surface area (TPSA) is 54.7 Å². The van der Waals surface area contributed by atoms with Crippen LogP contribution in [0.1, 0.15) is 30.5 Å². The third-order valence-electron chi connectivity index (χ3n) is 5.93. The van der Waals surface area contributed by atoms with Crippen LogP contribution in [-0.4, -0.2) is 53.4 Å². The van der Waals surface area contributed by atoms with Gasteiger partial charge in [-0.1, -0.05) is 36.4 Å². The van der Waals surface area contributed by atoms with Crippen LogP contribution < -0.4 is 10.1 Å². The molecule has 2 heterocycles. The number of ether oxygens (including phenoxy) is 1. The molecule has 168 valence electrons. The predicted octanol–water partition coefficient (Wildman–Crippen LogP) is 4.23. The number of aromatic nitrogens is 2. The van der Waals surface area contributed by atoms with Crippen LogP contribution in [0.15, 0.2) is 71.9 Å².